The Morgan fingerprint density at radius 3 is 3.03 bits per heavy atom. The molecule has 0 spiro atoms. The van der Waals surface area contributed by atoms with Crippen LogP contribution >= 0.6 is 0 Å². The molecule has 2 aliphatic heterocycles. The summed E-state index contributed by atoms with van der Waals surface area (Å²) in [5.74, 6) is 0.0935. The number of pyridine rings is 2. The molecule has 36 heavy (non-hydrogen) atoms. The maximum atomic E-state index is 14.4. The fourth-order valence-electron chi connectivity index (χ4n) is 4.14. The largest absolute Gasteiger partial charge is 0.482 e. The minimum absolute atomic E-state index is 0.0604. The molecule has 4 heterocycles. The average Bonchev–Trinajstić information content (AvgIpc) is 3.28. The number of aliphatic hydroxyl groups excluding tert-OH is 1. The summed E-state index contributed by atoms with van der Waals surface area (Å²) in [6, 6.07) is 8.33. The number of methoxy groups -OCH3 is 1. The van der Waals surface area contributed by atoms with Crippen LogP contribution in [0.5, 0.6) is 11.6 Å². The molecule has 188 valence electrons. The van der Waals surface area contributed by atoms with Crippen molar-refractivity contribution in [3.8, 4) is 11.6 Å². The van der Waals surface area contributed by atoms with Gasteiger partial charge in [0.2, 0.25) is 5.88 Å². The molecule has 0 saturated carbocycles. The van der Waals surface area contributed by atoms with E-state index in [-0.39, 0.29) is 32.0 Å². The molecule has 1 aromatic carbocycles. The van der Waals surface area contributed by atoms with Crippen molar-refractivity contribution in [1.82, 2.24) is 15.3 Å². The van der Waals surface area contributed by atoms with Crippen molar-refractivity contribution in [3.05, 3.63) is 47.9 Å². The van der Waals surface area contributed by atoms with Gasteiger partial charge in [-0.3, -0.25) is 14.7 Å². The van der Waals surface area contributed by atoms with Crippen molar-refractivity contribution in [2.75, 3.05) is 37.0 Å². The number of amides is 2. The van der Waals surface area contributed by atoms with Crippen molar-refractivity contribution in [2.45, 2.75) is 25.2 Å². The first kappa shape index (κ1) is 23.7. The number of cyclic esters (lactones) is 1. The van der Waals surface area contributed by atoms with Crippen LogP contribution in [0.25, 0.3) is 11.0 Å². The molecular weight excluding hydrogens is 473 g/mol. The lowest BCUT2D eigenvalue weighted by Crippen LogP contribution is -2.33. The predicted molar refractivity (Wildman–Crippen MR) is 127 cm³/mol. The van der Waals surface area contributed by atoms with Gasteiger partial charge in [0.15, 0.2) is 6.61 Å². The second-order valence-corrected chi connectivity index (χ2v) is 8.39. The number of anilines is 2. The van der Waals surface area contributed by atoms with Crippen LogP contribution in [0.15, 0.2) is 36.5 Å². The van der Waals surface area contributed by atoms with Crippen LogP contribution in [-0.4, -0.2) is 66.1 Å². The molecule has 2 aromatic heterocycles. The van der Waals surface area contributed by atoms with Gasteiger partial charge in [-0.25, -0.2) is 14.2 Å². The highest BCUT2D eigenvalue weighted by Gasteiger charge is 2.37. The summed E-state index contributed by atoms with van der Waals surface area (Å²) in [5.41, 5.74) is 2.26. The maximum absolute atomic E-state index is 14.4. The van der Waals surface area contributed by atoms with Gasteiger partial charge in [0, 0.05) is 23.9 Å². The monoisotopic (exact) mass is 497 g/mol. The number of carbonyl (C=O) groups is 2. The fourth-order valence-corrected chi connectivity index (χ4v) is 4.14. The number of hydrogen-bond acceptors (Lipinski definition) is 9. The molecule has 3 aromatic rings. The van der Waals surface area contributed by atoms with E-state index in [9.17, 15) is 19.1 Å². The van der Waals surface area contributed by atoms with Crippen LogP contribution in [0.1, 0.15) is 12.0 Å². The summed E-state index contributed by atoms with van der Waals surface area (Å²) in [6.45, 7) is 0.581. The van der Waals surface area contributed by atoms with Gasteiger partial charge in [0.05, 0.1) is 37.2 Å². The summed E-state index contributed by atoms with van der Waals surface area (Å²) >= 11 is 0. The van der Waals surface area contributed by atoms with Crippen LogP contribution in [-0.2, 0) is 16.1 Å². The Bertz CT molecular complexity index is 1320. The van der Waals surface area contributed by atoms with Gasteiger partial charge >= 0.3 is 6.09 Å². The highest BCUT2D eigenvalue weighted by Crippen LogP contribution is 2.34. The van der Waals surface area contributed by atoms with Crippen LogP contribution in [0.4, 0.5) is 20.6 Å². The number of halogens is 1. The number of carbonyl (C=O) groups excluding carboxylic acids is 2. The summed E-state index contributed by atoms with van der Waals surface area (Å²) < 4.78 is 30.3. The number of aliphatic hydroxyl groups is 1. The molecule has 11 nitrogen and oxygen atoms in total. The number of benzene rings is 1. The van der Waals surface area contributed by atoms with E-state index < -0.39 is 24.1 Å². The Morgan fingerprint density at radius 1 is 1.33 bits per heavy atom. The zero-order chi connectivity index (χ0) is 25.2. The Kier molecular flexibility index (Phi) is 6.53. The van der Waals surface area contributed by atoms with Crippen molar-refractivity contribution < 1.29 is 33.3 Å². The summed E-state index contributed by atoms with van der Waals surface area (Å²) in [5, 5.41) is 16.4. The molecule has 2 aliphatic rings. The first-order valence-corrected chi connectivity index (χ1v) is 11.3. The second-order valence-electron chi connectivity index (χ2n) is 8.39. The molecule has 5 rings (SSSR count). The number of hydrogen-bond donors (Lipinski definition) is 3. The van der Waals surface area contributed by atoms with Gasteiger partial charge < -0.3 is 30.0 Å². The third-order valence-electron chi connectivity index (χ3n) is 6.04. The van der Waals surface area contributed by atoms with E-state index in [2.05, 4.69) is 20.6 Å². The molecule has 1 saturated heterocycles. The Morgan fingerprint density at radius 2 is 2.19 bits per heavy atom. The molecule has 3 N–H and O–H groups in total. The van der Waals surface area contributed by atoms with E-state index in [0.29, 0.717) is 46.1 Å². The first-order valence-electron chi connectivity index (χ1n) is 11.3. The van der Waals surface area contributed by atoms with Crippen molar-refractivity contribution in [2.24, 2.45) is 0 Å². The van der Waals surface area contributed by atoms with Crippen LogP contribution in [0.3, 0.4) is 0 Å². The SMILES string of the molecule is COc1ccc2ncc(F)c(CNCC[C@@H](O)[C@H]3CN(c4ccc5c(c4)NC(=O)CO5)C(=O)O3)c2n1. The topological polar surface area (TPSA) is 135 Å². The summed E-state index contributed by atoms with van der Waals surface area (Å²) in [7, 11) is 1.48. The number of nitrogens with one attached hydrogen (secondary N) is 2. The molecular formula is C24H24FN5O6. The number of fused-ring (bicyclic) bond motifs is 2. The lowest BCUT2D eigenvalue weighted by Gasteiger charge is -2.21. The number of rotatable bonds is 8. The molecule has 1 fully saturated rings. The third kappa shape index (κ3) is 4.72. The first-order chi connectivity index (χ1) is 17.4. The maximum Gasteiger partial charge on any atom is 0.414 e. The molecule has 0 unspecified atom stereocenters. The van der Waals surface area contributed by atoms with Crippen LogP contribution < -0.4 is 25.0 Å². The van der Waals surface area contributed by atoms with Gasteiger partial charge in [-0.1, -0.05) is 0 Å². The van der Waals surface area contributed by atoms with E-state index in [1.54, 1.807) is 30.3 Å². The van der Waals surface area contributed by atoms with Crippen LogP contribution in [0, 0.1) is 5.82 Å². The summed E-state index contributed by atoms with van der Waals surface area (Å²) in [6.07, 6.45) is -0.871. The van der Waals surface area contributed by atoms with Crippen molar-refractivity contribution in [3.63, 3.8) is 0 Å². The average molecular weight is 497 g/mol. The quantitative estimate of drug-likeness (QED) is 0.399. The van der Waals surface area contributed by atoms with E-state index in [4.69, 9.17) is 14.2 Å². The zero-order valence-corrected chi connectivity index (χ0v) is 19.4. The minimum Gasteiger partial charge on any atom is -0.482 e. The Labute approximate surface area is 205 Å². The smallest absolute Gasteiger partial charge is 0.414 e. The fraction of sp³-hybridized carbons (Fsp3) is 0.333. The van der Waals surface area contributed by atoms with Gasteiger partial charge in [-0.2, -0.15) is 0 Å². The third-order valence-corrected chi connectivity index (χ3v) is 6.04. The lowest BCUT2D eigenvalue weighted by atomic mass is 10.1. The zero-order valence-electron chi connectivity index (χ0n) is 19.4. The minimum atomic E-state index is -0.940. The molecule has 2 atom stereocenters. The molecule has 12 heteroatoms. The van der Waals surface area contributed by atoms with Crippen LogP contribution in [0.2, 0.25) is 0 Å². The lowest BCUT2D eigenvalue weighted by molar-refractivity contribution is -0.118. The number of aromatic nitrogens is 2. The van der Waals surface area contributed by atoms with Gasteiger partial charge in [-0.05, 0) is 37.2 Å². The van der Waals surface area contributed by atoms with E-state index in [1.165, 1.54) is 12.0 Å². The molecule has 0 aliphatic carbocycles. The highest BCUT2D eigenvalue weighted by molar-refractivity contribution is 5.97. The van der Waals surface area contributed by atoms with Crippen molar-refractivity contribution >= 4 is 34.4 Å². The molecule has 0 radical (unpaired) electrons. The van der Waals surface area contributed by atoms with Gasteiger partial charge in [0.25, 0.3) is 5.91 Å². The molecule has 0 bridgehead atoms. The standard InChI is InChI=1S/C24H24FN5O6/c1-34-22-5-3-16-23(29-22)14(15(25)10-27-16)9-26-7-6-18(31)20-11-30(24(33)36-20)13-2-4-19-17(8-13)28-21(32)12-35-19/h2-5,8,10,18,20,26,31H,6-7,9,11-12H2,1H3,(H,28,32)/t18-,20-/m1/s1. The van der Waals surface area contributed by atoms with Gasteiger partial charge in [0.1, 0.15) is 23.2 Å². The number of ether oxygens (including phenoxy) is 3. The summed E-state index contributed by atoms with van der Waals surface area (Å²) in [4.78, 5) is 33.8. The highest BCUT2D eigenvalue weighted by atomic mass is 19.1. The van der Waals surface area contributed by atoms with E-state index >= 15 is 0 Å². The molecule has 2 amide bonds. The normalized spacial score (nSPS) is 17.9. The Balaban J connectivity index is 1.17. The second kappa shape index (κ2) is 9.91. The van der Waals surface area contributed by atoms with Crippen molar-refractivity contribution in [1.29, 1.82) is 0 Å². The Hall–Kier alpha value is -4.03. The van der Waals surface area contributed by atoms with E-state index in [0.717, 1.165) is 6.20 Å². The van der Waals surface area contributed by atoms with E-state index in [1.807, 2.05) is 0 Å². The predicted octanol–water partition coefficient (Wildman–Crippen LogP) is 1.97. The number of nitrogens with zero attached hydrogens (tertiary/aromatic N) is 3. The van der Waals surface area contributed by atoms with Gasteiger partial charge in [-0.15, -0.1) is 0 Å².